The zero-order chi connectivity index (χ0) is 16.2. The average Bonchev–Trinajstić information content (AvgIpc) is 2.33. The maximum Gasteiger partial charge on any atom is 0.0646 e. The Bertz CT molecular complexity index is 231. The summed E-state index contributed by atoms with van der Waals surface area (Å²) in [5.41, 5.74) is -1.54. The lowest BCUT2D eigenvalue weighted by molar-refractivity contribution is -0.0409. The van der Waals surface area contributed by atoms with Gasteiger partial charge in [-0.15, -0.1) is 0 Å². The van der Waals surface area contributed by atoms with Gasteiger partial charge in [0.15, 0.2) is 0 Å². The zero-order valence-corrected chi connectivity index (χ0v) is 14.5. The van der Waals surface area contributed by atoms with Crippen LogP contribution in [0.25, 0.3) is 0 Å². The lowest BCUT2D eigenvalue weighted by atomic mass is 9.87. The molecule has 0 rings (SSSR count). The van der Waals surface area contributed by atoms with Crippen molar-refractivity contribution in [3.63, 3.8) is 0 Å². The molecular formula is C18H38O3. The molecule has 0 spiro atoms. The predicted molar refractivity (Wildman–Crippen MR) is 89.4 cm³/mol. The summed E-state index contributed by atoms with van der Waals surface area (Å²) in [6.07, 6.45) is 13.2. The van der Waals surface area contributed by atoms with Crippen LogP contribution in [0.1, 0.15) is 97.8 Å². The van der Waals surface area contributed by atoms with Crippen molar-refractivity contribution in [1.29, 1.82) is 0 Å². The highest BCUT2D eigenvalue weighted by Gasteiger charge is 2.28. The Kier molecular flexibility index (Phi) is 11.4. The molecule has 21 heavy (non-hydrogen) atoms. The van der Waals surface area contributed by atoms with Gasteiger partial charge in [-0.2, -0.15) is 0 Å². The van der Waals surface area contributed by atoms with Gasteiger partial charge in [0.05, 0.1) is 11.2 Å². The third kappa shape index (κ3) is 16.1. The third-order valence-corrected chi connectivity index (χ3v) is 3.94. The first-order valence-electron chi connectivity index (χ1n) is 8.82. The van der Waals surface area contributed by atoms with Gasteiger partial charge >= 0.3 is 0 Å². The van der Waals surface area contributed by atoms with E-state index >= 15 is 0 Å². The van der Waals surface area contributed by atoms with E-state index in [0.29, 0.717) is 13.0 Å². The average molecular weight is 302 g/mol. The van der Waals surface area contributed by atoms with Crippen LogP contribution >= 0.6 is 0 Å². The van der Waals surface area contributed by atoms with Crippen molar-refractivity contribution in [2.24, 2.45) is 0 Å². The van der Waals surface area contributed by atoms with E-state index in [4.69, 9.17) is 5.11 Å². The fraction of sp³-hybridized carbons (Fsp3) is 1.00. The molecule has 0 heterocycles. The van der Waals surface area contributed by atoms with Crippen molar-refractivity contribution in [3.05, 3.63) is 0 Å². The second-order valence-electron chi connectivity index (χ2n) is 7.50. The van der Waals surface area contributed by atoms with Gasteiger partial charge in [-0.3, -0.25) is 0 Å². The summed E-state index contributed by atoms with van der Waals surface area (Å²) in [4.78, 5) is 0. The van der Waals surface area contributed by atoms with E-state index < -0.39 is 11.2 Å². The predicted octanol–water partition coefficient (Wildman–Crippen LogP) is 4.18. The van der Waals surface area contributed by atoms with Crippen LogP contribution in [0.5, 0.6) is 0 Å². The maximum atomic E-state index is 10.2. The number of rotatable bonds is 14. The van der Waals surface area contributed by atoms with Gasteiger partial charge in [-0.1, -0.05) is 57.8 Å². The van der Waals surface area contributed by atoms with Crippen molar-refractivity contribution < 1.29 is 15.3 Å². The van der Waals surface area contributed by atoms with Gasteiger partial charge in [0, 0.05) is 13.0 Å². The molecular weight excluding hydrogens is 264 g/mol. The van der Waals surface area contributed by atoms with Crippen molar-refractivity contribution in [1.82, 2.24) is 0 Å². The molecule has 3 N–H and O–H groups in total. The molecule has 0 aromatic heterocycles. The molecule has 0 fully saturated rings. The van der Waals surface area contributed by atoms with Crippen LogP contribution in [0.15, 0.2) is 0 Å². The highest BCUT2D eigenvalue weighted by Crippen LogP contribution is 2.25. The summed E-state index contributed by atoms with van der Waals surface area (Å²) in [6.45, 7) is 5.67. The quantitative estimate of drug-likeness (QED) is 0.422. The van der Waals surface area contributed by atoms with E-state index in [0.717, 1.165) is 25.7 Å². The smallest absolute Gasteiger partial charge is 0.0646 e. The summed E-state index contributed by atoms with van der Waals surface area (Å²) in [6, 6.07) is 0. The molecule has 0 bridgehead atoms. The van der Waals surface area contributed by atoms with Crippen molar-refractivity contribution in [2.75, 3.05) is 6.61 Å². The standard InChI is InChI=1S/C18H38O3/c1-17(2,20)16-18(3,21)14-12-10-8-6-4-5-7-9-11-13-15-19/h19-21H,4-16H2,1-3H3. The van der Waals surface area contributed by atoms with E-state index in [1.807, 2.05) is 6.92 Å². The Morgan fingerprint density at radius 2 is 1.00 bits per heavy atom. The molecule has 3 heteroatoms. The van der Waals surface area contributed by atoms with Crippen molar-refractivity contribution in [2.45, 2.75) is 109 Å². The Morgan fingerprint density at radius 3 is 1.38 bits per heavy atom. The minimum atomic E-state index is -0.792. The molecule has 128 valence electrons. The first-order chi connectivity index (χ1) is 9.77. The summed E-state index contributed by atoms with van der Waals surface area (Å²) in [7, 11) is 0. The van der Waals surface area contributed by atoms with E-state index in [1.165, 1.54) is 44.9 Å². The SMILES string of the molecule is CC(C)(O)CC(C)(O)CCCCCCCCCCCCO. The van der Waals surface area contributed by atoms with Gasteiger partial charge in [-0.25, -0.2) is 0 Å². The van der Waals surface area contributed by atoms with Gasteiger partial charge in [0.1, 0.15) is 0 Å². The maximum absolute atomic E-state index is 10.2. The van der Waals surface area contributed by atoms with Crippen LogP contribution in [-0.4, -0.2) is 33.1 Å². The number of hydrogen-bond acceptors (Lipinski definition) is 3. The molecule has 0 aromatic rings. The zero-order valence-electron chi connectivity index (χ0n) is 14.5. The topological polar surface area (TPSA) is 60.7 Å². The minimum Gasteiger partial charge on any atom is -0.396 e. The molecule has 1 unspecified atom stereocenters. The van der Waals surface area contributed by atoms with E-state index in [2.05, 4.69) is 0 Å². The molecule has 3 nitrogen and oxygen atoms in total. The van der Waals surface area contributed by atoms with E-state index in [9.17, 15) is 10.2 Å². The minimum absolute atomic E-state index is 0.331. The summed E-state index contributed by atoms with van der Waals surface area (Å²) < 4.78 is 0. The lowest BCUT2D eigenvalue weighted by Gasteiger charge is -2.30. The van der Waals surface area contributed by atoms with Gasteiger partial charge in [-0.05, 0) is 33.6 Å². The number of hydrogen-bond donors (Lipinski definition) is 3. The normalized spacial score (nSPS) is 15.1. The number of aliphatic hydroxyl groups excluding tert-OH is 1. The first kappa shape index (κ1) is 20.9. The Balaban J connectivity index is 3.36. The molecule has 0 aliphatic rings. The molecule has 0 aromatic carbocycles. The second-order valence-corrected chi connectivity index (χ2v) is 7.50. The number of unbranched alkanes of at least 4 members (excludes halogenated alkanes) is 9. The molecule has 0 radical (unpaired) electrons. The Morgan fingerprint density at radius 1 is 0.619 bits per heavy atom. The largest absolute Gasteiger partial charge is 0.396 e. The lowest BCUT2D eigenvalue weighted by Crippen LogP contribution is -2.35. The molecule has 0 saturated heterocycles. The second kappa shape index (κ2) is 11.4. The highest BCUT2D eigenvalue weighted by molar-refractivity contribution is 4.81. The van der Waals surface area contributed by atoms with E-state index in [-0.39, 0.29) is 0 Å². The van der Waals surface area contributed by atoms with Gasteiger partial charge in [0.25, 0.3) is 0 Å². The van der Waals surface area contributed by atoms with Crippen molar-refractivity contribution >= 4 is 0 Å². The highest BCUT2D eigenvalue weighted by atomic mass is 16.3. The molecule has 0 aliphatic carbocycles. The third-order valence-electron chi connectivity index (χ3n) is 3.94. The van der Waals surface area contributed by atoms with Crippen LogP contribution in [0.4, 0.5) is 0 Å². The van der Waals surface area contributed by atoms with Crippen LogP contribution < -0.4 is 0 Å². The summed E-state index contributed by atoms with van der Waals surface area (Å²) in [5, 5.41) is 28.6. The van der Waals surface area contributed by atoms with Crippen LogP contribution in [0.3, 0.4) is 0 Å². The molecule has 1 atom stereocenters. The van der Waals surface area contributed by atoms with Crippen LogP contribution in [0.2, 0.25) is 0 Å². The van der Waals surface area contributed by atoms with Crippen LogP contribution in [0, 0.1) is 0 Å². The van der Waals surface area contributed by atoms with Crippen molar-refractivity contribution in [3.8, 4) is 0 Å². The van der Waals surface area contributed by atoms with Gasteiger partial charge in [0.2, 0.25) is 0 Å². The number of aliphatic hydroxyl groups is 3. The van der Waals surface area contributed by atoms with Crippen LogP contribution in [-0.2, 0) is 0 Å². The summed E-state index contributed by atoms with van der Waals surface area (Å²) >= 11 is 0. The molecule has 0 amide bonds. The fourth-order valence-corrected chi connectivity index (χ4v) is 3.05. The van der Waals surface area contributed by atoms with Gasteiger partial charge < -0.3 is 15.3 Å². The molecule has 0 saturated carbocycles. The summed E-state index contributed by atoms with van der Waals surface area (Å²) in [5.74, 6) is 0. The molecule has 0 aliphatic heterocycles. The Labute approximate surface area is 131 Å². The Hall–Kier alpha value is -0.120. The monoisotopic (exact) mass is 302 g/mol. The van der Waals surface area contributed by atoms with E-state index in [1.54, 1.807) is 13.8 Å². The fourth-order valence-electron chi connectivity index (χ4n) is 3.05. The first-order valence-corrected chi connectivity index (χ1v) is 8.82.